The first-order chi connectivity index (χ1) is 12.1. The van der Waals surface area contributed by atoms with Crippen molar-refractivity contribution in [1.29, 1.82) is 0 Å². The minimum atomic E-state index is -0.0333. The highest BCUT2D eigenvalue weighted by Gasteiger charge is 2.19. The Balaban J connectivity index is 1.81. The lowest BCUT2D eigenvalue weighted by Crippen LogP contribution is -2.40. The molecule has 0 amide bonds. The molecule has 0 bridgehead atoms. The van der Waals surface area contributed by atoms with E-state index in [0.29, 0.717) is 34.5 Å². The number of nitrogens with zero attached hydrogens (tertiary/aromatic N) is 4. The van der Waals surface area contributed by atoms with Crippen LogP contribution < -0.4 is 5.32 Å². The first kappa shape index (κ1) is 17.1. The molecule has 6 nitrogen and oxygen atoms in total. The molecule has 0 unspecified atom stereocenters. The van der Waals surface area contributed by atoms with Crippen LogP contribution in [0.3, 0.4) is 0 Å². The van der Waals surface area contributed by atoms with Crippen LogP contribution in [0.1, 0.15) is 24.1 Å². The number of rotatable bonds is 3. The quantitative estimate of drug-likeness (QED) is 0.835. The largest absolute Gasteiger partial charge is 0.507 e. The van der Waals surface area contributed by atoms with Crippen molar-refractivity contribution in [3.05, 3.63) is 29.5 Å². The van der Waals surface area contributed by atoms with Gasteiger partial charge in [0.15, 0.2) is 0 Å². The van der Waals surface area contributed by atoms with E-state index in [1.165, 1.54) is 12.2 Å². The number of aromatic hydroxyl groups is 1. The van der Waals surface area contributed by atoms with Gasteiger partial charge in [-0.15, -0.1) is 14.6 Å². The van der Waals surface area contributed by atoms with Crippen LogP contribution in [-0.2, 0) is 0 Å². The third-order valence-electron chi connectivity index (χ3n) is 4.26. The summed E-state index contributed by atoms with van der Waals surface area (Å²) in [7, 11) is 2.10. The van der Waals surface area contributed by atoms with E-state index in [2.05, 4.69) is 38.4 Å². The molecule has 2 heterocycles. The second-order valence-corrected chi connectivity index (χ2v) is 6.27. The Morgan fingerprint density at radius 2 is 2.20 bits per heavy atom. The van der Waals surface area contributed by atoms with Crippen LogP contribution in [0.5, 0.6) is 5.75 Å². The van der Waals surface area contributed by atoms with E-state index < -0.39 is 0 Å². The van der Waals surface area contributed by atoms with Gasteiger partial charge >= 0.3 is 0 Å². The van der Waals surface area contributed by atoms with Crippen molar-refractivity contribution in [3.8, 4) is 29.1 Å². The molecule has 0 aliphatic carbocycles. The summed E-state index contributed by atoms with van der Waals surface area (Å²) >= 11 is 0. The maximum atomic E-state index is 12.1. The highest BCUT2D eigenvalue weighted by atomic mass is 19.1. The molecule has 1 saturated heterocycles. The second-order valence-electron chi connectivity index (χ2n) is 6.27. The molecular weight excluding hydrogens is 321 g/mol. The molecular formula is C18H20FN5O. The van der Waals surface area contributed by atoms with Gasteiger partial charge in [-0.1, -0.05) is 0 Å². The van der Waals surface area contributed by atoms with Crippen LogP contribution in [0.15, 0.2) is 18.2 Å². The van der Waals surface area contributed by atoms with E-state index in [1.54, 1.807) is 12.1 Å². The number of aromatic nitrogens is 3. The average Bonchev–Trinajstić information content (AvgIpc) is 2.56. The molecule has 1 atom stereocenters. The number of phenols is 1. The highest BCUT2D eigenvalue weighted by molar-refractivity contribution is 5.69. The Labute approximate surface area is 146 Å². The van der Waals surface area contributed by atoms with Crippen LogP contribution in [0.25, 0.3) is 11.3 Å². The molecule has 130 valence electrons. The molecule has 0 saturated carbocycles. The number of benzene rings is 1. The van der Waals surface area contributed by atoms with Crippen molar-refractivity contribution >= 4 is 5.95 Å². The van der Waals surface area contributed by atoms with Gasteiger partial charge in [0.1, 0.15) is 17.6 Å². The predicted molar refractivity (Wildman–Crippen MR) is 93.8 cm³/mol. The first-order valence-corrected chi connectivity index (χ1v) is 8.18. The Hall–Kier alpha value is -2.72. The number of likely N-dealkylation sites (tertiary alicyclic amines) is 1. The summed E-state index contributed by atoms with van der Waals surface area (Å²) < 4.78 is 12.1. The molecule has 0 spiro atoms. The summed E-state index contributed by atoms with van der Waals surface area (Å²) in [6, 6.07) is 4.95. The maximum absolute atomic E-state index is 12.1. The maximum Gasteiger partial charge on any atom is 0.243 e. The lowest BCUT2D eigenvalue weighted by Gasteiger charge is -2.30. The number of anilines is 1. The standard InChI is InChI=1S/C18H20FN5O/c1-12-17(15-6-5-13(7-8-19)10-16(15)25)22-23-18(20-12)21-14-4-3-9-24(2)11-14/h5-6,10,14,25H,3-4,9,11H2,1-2H3,(H,20,21,23)/t14-/m1/s1. The summed E-state index contributed by atoms with van der Waals surface area (Å²) in [5.41, 5.74) is 2.03. The van der Waals surface area contributed by atoms with Crippen LogP contribution in [-0.4, -0.2) is 51.4 Å². The number of likely N-dealkylation sites (N-methyl/N-ethyl adjacent to an activating group) is 1. The van der Waals surface area contributed by atoms with Crippen molar-refractivity contribution < 1.29 is 9.50 Å². The van der Waals surface area contributed by atoms with Crippen molar-refractivity contribution in [2.45, 2.75) is 25.8 Å². The van der Waals surface area contributed by atoms with Gasteiger partial charge in [-0.25, -0.2) is 4.98 Å². The molecule has 0 radical (unpaired) electrons. The van der Waals surface area contributed by atoms with Crippen LogP contribution in [0, 0.1) is 19.0 Å². The van der Waals surface area contributed by atoms with Gasteiger partial charge in [-0.05, 0) is 57.5 Å². The summed E-state index contributed by atoms with van der Waals surface area (Å²) in [5, 5.41) is 21.8. The first-order valence-electron chi connectivity index (χ1n) is 8.18. The van der Waals surface area contributed by atoms with Crippen molar-refractivity contribution in [3.63, 3.8) is 0 Å². The van der Waals surface area contributed by atoms with Gasteiger partial charge in [0.05, 0.1) is 5.69 Å². The number of hydrogen-bond donors (Lipinski definition) is 2. The number of aryl methyl sites for hydroxylation is 1. The van der Waals surface area contributed by atoms with Crippen molar-refractivity contribution in [2.24, 2.45) is 0 Å². The lowest BCUT2D eigenvalue weighted by molar-refractivity contribution is 0.260. The topological polar surface area (TPSA) is 74.2 Å². The minimum absolute atomic E-state index is 0.0333. The molecule has 7 heteroatoms. The lowest BCUT2D eigenvalue weighted by atomic mass is 10.1. The predicted octanol–water partition coefficient (Wildman–Crippen LogP) is 2.34. The molecule has 1 aliphatic heterocycles. The number of hydrogen-bond acceptors (Lipinski definition) is 6. The van der Waals surface area contributed by atoms with Crippen LogP contribution >= 0.6 is 0 Å². The van der Waals surface area contributed by atoms with Gasteiger partial charge in [-0.2, -0.15) is 0 Å². The van der Waals surface area contributed by atoms with E-state index in [0.717, 1.165) is 25.9 Å². The summed E-state index contributed by atoms with van der Waals surface area (Å²) in [4.78, 5) is 6.74. The molecule has 1 aromatic carbocycles. The van der Waals surface area contributed by atoms with Gasteiger partial charge in [0.2, 0.25) is 5.95 Å². The van der Waals surface area contributed by atoms with E-state index in [9.17, 15) is 9.50 Å². The molecule has 3 rings (SSSR count). The molecule has 2 aromatic rings. The third kappa shape index (κ3) is 4.03. The number of halogens is 1. The smallest absolute Gasteiger partial charge is 0.243 e. The van der Waals surface area contributed by atoms with E-state index in [-0.39, 0.29) is 5.75 Å². The zero-order valence-electron chi connectivity index (χ0n) is 14.3. The third-order valence-corrected chi connectivity index (χ3v) is 4.26. The van der Waals surface area contributed by atoms with Gasteiger partial charge in [-0.3, -0.25) is 0 Å². The summed E-state index contributed by atoms with van der Waals surface area (Å²) in [6.07, 6.45) is 3.53. The molecule has 1 aromatic heterocycles. The average molecular weight is 341 g/mol. The van der Waals surface area contributed by atoms with E-state index >= 15 is 0 Å². The zero-order chi connectivity index (χ0) is 17.8. The van der Waals surface area contributed by atoms with Crippen molar-refractivity contribution in [2.75, 3.05) is 25.5 Å². The fourth-order valence-corrected chi connectivity index (χ4v) is 3.04. The number of piperidine rings is 1. The Bertz CT molecular complexity index is 830. The summed E-state index contributed by atoms with van der Waals surface area (Å²) in [5.74, 6) is 2.71. The fourth-order valence-electron chi connectivity index (χ4n) is 3.04. The fraction of sp³-hybridized carbons (Fsp3) is 0.389. The van der Waals surface area contributed by atoms with E-state index in [1.807, 2.05) is 6.92 Å². The SMILES string of the molecule is Cc1nc(N[C@@H]2CCCN(C)C2)nnc1-c1ccc(C#CF)cc1O. The monoisotopic (exact) mass is 341 g/mol. The molecule has 2 N–H and O–H groups in total. The van der Waals surface area contributed by atoms with Gasteiger partial charge in [0.25, 0.3) is 0 Å². The Morgan fingerprint density at radius 3 is 2.88 bits per heavy atom. The van der Waals surface area contributed by atoms with Crippen LogP contribution in [0.2, 0.25) is 0 Å². The number of nitrogens with one attached hydrogen (secondary N) is 1. The Kier molecular flexibility index (Phi) is 5.10. The van der Waals surface area contributed by atoms with Crippen LogP contribution in [0.4, 0.5) is 10.3 Å². The highest BCUT2D eigenvalue weighted by Crippen LogP contribution is 2.30. The summed E-state index contributed by atoms with van der Waals surface area (Å²) in [6.45, 7) is 3.87. The van der Waals surface area contributed by atoms with E-state index in [4.69, 9.17) is 0 Å². The van der Waals surface area contributed by atoms with Crippen molar-refractivity contribution in [1.82, 2.24) is 20.1 Å². The Morgan fingerprint density at radius 1 is 1.36 bits per heavy atom. The molecule has 1 fully saturated rings. The number of phenolic OH excluding ortho intramolecular Hbond substituents is 1. The molecule has 1 aliphatic rings. The normalized spacial score (nSPS) is 17.6. The van der Waals surface area contributed by atoms with Gasteiger partial charge < -0.3 is 15.3 Å². The minimum Gasteiger partial charge on any atom is -0.507 e. The van der Waals surface area contributed by atoms with Gasteiger partial charge in [0, 0.05) is 23.7 Å². The molecule has 25 heavy (non-hydrogen) atoms. The zero-order valence-corrected chi connectivity index (χ0v) is 14.3. The second kappa shape index (κ2) is 7.45.